The average molecular weight is 224 g/mol. The van der Waals surface area contributed by atoms with E-state index in [4.69, 9.17) is 0 Å². The summed E-state index contributed by atoms with van der Waals surface area (Å²) in [4.78, 5) is 0. The summed E-state index contributed by atoms with van der Waals surface area (Å²) in [7, 11) is 0. The molecule has 0 amide bonds. The minimum Gasteiger partial charge on any atom is -0.390 e. The zero-order valence-corrected chi connectivity index (χ0v) is 11.1. The molecule has 1 heterocycles. The van der Waals surface area contributed by atoms with Crippen molar-refractivity contribution in [1.82, 2.24) is 9.78 Å². The largest absolute Gasteiger partial charge is 0.390 e. The van der Waals surface area contributed by atoms with Crippen LogP contribution in [0, 0.1) is 5.92 Å². The SMILES string of the molecule is CC(C)CC(C)(O)Cc1ccn(C(C)C)n1. The average Bonchev–Trinajstić information content (AvgIpc) is 2.48. The Kier molecular flexibility index (Phi) is 4.14. The van der Waals surface area contributed by atoms with Crippen LogP contribution < -0.4 is 0 Å². The molecule has 0 fully saturated rings. The monoisotopic (exact) mass is 224 g/mol. The van der Waals surface area contributed by atoms with Crippen LogP contribution in [0.25, 0.3) is 0 Å². The van der Waals surface area contributed by atoms with Crippen molar-refractivity contribution in [1.29, 1.82) is 0 Å². The maximum Gasteiger partial charge on any atom is 0.0678 e. The molecule has 92 valence electrons. The van der Waals surface area contributed by atoms with Gasteiger partial charge in [-0.3, -0.25) is 4.68 Å². The van der Waals surface area contributed by atoms with Crippen LogP contribution >= 0.6 is 0 Å². The maximum atomic E-state index is 10.2. The van der Waals surface area contributed by atoms with Gasteiger partial charge in [-0.1, -0.05) is 13.8 Å². The number of aliphatic hydroxyl groups is 1. The molecule has 0 saturated heterocycles. The Morgan fingerprint density at radius 2 is 2.00 bits per heavy atom. The van der Waals surface area contributed by atoms with Gasteiger partial charge in [-0.15, -0.1) is 0 Å². The topological polar surface area (TPSA) is 38.0 Å². The molecule has 0 spiro atoms. The highest BCUT2D eigenvalue weighted by Gasteiger charge is 2.23. The second-order valence-electron chi connectivity index (χ2n) is 5.65. The third kappa shape index (κ3) is 3.97. The van der Waals surface area contributed by atoms with E-state index in [0.29, 0.717) is 18.4 Å². The molecule has 3 nitrogen and oxygen atoms in total. The molecule has 0 bridgehead atoms. The van der Waals surface area contributed by atoms with E-state index in [1.165, 1.54) is 0 Å². The van der Waals surface area contributed by atoms with Gasteiger partial charge in [0.05, 0.1) is 11.3 Å². The highest BCUT2D eigenvalue weighted by atomic mass is 16.3. The molecule has 1 aromatic rings. The predicted molar refractivity (Wildman–Crippen MR) is 66.4 cm³/mol. The summed E-state index contributed by atoms with van der Waals surface area (Å²) in [6.07, 6.45) is 3.41. The van der Waals surface area contributed by atoms with Crippen molar-refractivity contribution in [3.63, 3.8) is 0 Å². The van der Waals surface area contributed by atoms with E-state index in [-0.39, 0.29) is 0 Å². The highest BCUT2D eigenvalue weighted by Crippen LogP contribution is 2.20. The van der Waals surface area contributed by atoms with Crippen molar-refractivity contribution in [3.8, 4) is 0 Å². The maximum absolute atomic E-state index is 10.2. The van der Waals surface area contributed by atoms with Crippen LogP contribution in [0.2, 0.25) is 0 Å². The molecule has 1 rings (SSSR count). The van der Waals surface area contributed by atoms with E-state index in [2.05, 4.69) is 32.8 Å². The molecule has 0 aliphatic carbocycles. The summed E-state index contributed by atoms with van der Waals surface area (Å²) < 4.78 is 1.93. The number of aromatic nitrogens is 2. The van der Waals surface area contributed by atoms with E-state index >= 15 is 0 Å². The van der Waals surface area contributed by atoms with Crippen LogP contribution in [-0.2, 0) is 6.42 Å². The van der Waals surface area contributed by atoms with E-state index in [1.54, 1.807) is 0 Å². The van der Waals surface area contributed by atoms with Gasteiger partial charge in [0.15, 0.2) is 0 Å². The lowest BCUT2D eigenvalue weighted by Gasteiger charge is -2.24. The zero-order chi connectivity index (χ0) is 12.3. The summed E-state index contributed by atoms with van der Waals surface area (Å²) >= 11 is 0. The lowest BCUT2D eigenvalue weighted by atomic mass is 9.90. The fourth-order valence-corrected chi connectivity index (χ4v) is 2.10. The Balaban J connectivity index is 2.65. The predicted octanol–water partition coefficient (Wildman–Crippen LogP) is 2.80. The first-order chi connectivity index (χ1) is 7.30. The summed E-state index contributed by atoms with van der Waals surface area (Å²) in [6.45, 7) is 10.3. The summed E-state index contributed by atoms with van der Waals surface area (Å²) in [5.41, 5.74) is 0.323. The second-order valence-corrected chi connectivity index (χ2v) is 5.65. The molecule has 16 heavy (non-hydrogen) atoms. The van der Waals surface area contributed by atoms with E-state index in [1.807, 2.05) is 23.9 Å². The van der Waals surface area contributed by atoms with Crippen LogP contribution in [0.15, 0.2) is 12.3 Å². The quantitative estimate of drug-likeness (QED) is 0.835. The molecule has 1 aromatic heterocycles. The van der Waals surface area contributed by atoms with E-state index in [0.717, 1.165) is 12.1 Å². The molecule has 0 aliphatic heterocycles. The fourth-order valence-electron chi connectivity index (χ4n) is 2.10. The minimum atomic E-state index is -0.648. The Bertz CT molecular complexity index is 326. The van der Waals surface area contributed by atoms with Crippen molar-refractivity contribution >= 4 is 0 Å². The van der Waals surface area contributed by atoms with Gasteiger partial charge >= 0.3 is 0 Å². The molecule has 0 aliphatic rings. The second kappa shape index (κ2) is 5.00. The molecule has 0 saturated carbocycles. The van der Waals surface area contributed by atoms with Gasteiger partial charge < -0.3 is 5.11 Å². The molecular formula is C13H24N2O. The summed E-state index contributed by atoms with van der Waals surface area (Å²) in [6, 6.07) is 2.37. The van der Waals surface area contributed by atoms with Crippen molar-refractivity contribution in [3.05, 3.63) is 18.0 Å². The van der Waals surface area contributed by atoms with Gasteiger partial charge in [-0.2, -0.15) is 5.10 Å². The van der Waals surface area contributed by atoms with Gasteiger partial charge in [0.2, 0.25) is 0 Å². The van der Waals surface area contributed by atoms with Gasteiger partial charge in [-0.05, 0) is 39.2 Å². The highest BCUT2D eigenvalue weighted by molar-refractivity contribution is 5.03. The molecule has 3 heteroatoms. The van der Waals surface area contributed by atoms with Gasteiger partial charge in [0.1, 0.15) is 0 Å². The number of rotatable bonds is 5. The van der Waals surface area contributed by atoms with Gasteiger partial charge in [0, 0.05) is 18.7 Å². The molecule has 1 unspecified atom stereocenters. The first kappa shape index (κ1) is 13.2. The Labute approximate surface area is 98.5 Å². The molecule has 1 atom stereocenters. The van der Waals surface area contributed by atoms with Gasteiger partial charge in [-0.25, -0.2) is 0 Å². The standard InChI is InChI=1S/C13H24N2O/c1-10(2)8-13(5,16)9-12-6-7-15(14-12)11(3)4/h6-7,10-11,16H,8-9H2,1-5H3. The molecule has 0 aromatic carbocycles. The smallest absolute Gasteiger partial charge is 0.0678 e. The van der Waals surface area contributed by atoms with Crippen LogP contribution in [0.1, 0.15) is 52.8 Å². The lowest BCUT2D eigenvalue weighted by Crippen LogP contribution is -2.29. The molecule has 1 N–H and O–H groups in total. The van der Waals surface area contributed by atoms with Crippen LogP contribution in [0.4, 0.5) is 0 Å². The number of nitrogens with zero attached hydrogens (tertiary/aromatic N) is 2. The number of hydrogen-bond donors (Lipinski definition) is 1. The Morgan fingerprint density at radius 3 is 2.44 bits per heavy atom. The zero-order valence-electron chi connectivity index (χ0n) is 11.1. The van der Waals surface area contributed by atoms with Crippen LogP contribution in [0.3, 0.4) is 0 Å². The summed E-state index contributed by atoms with van der Waals surface area (Å²) in [5, 5.41) is 14.7. The first-order valence-electron chi connectivity index (χ1n) is 6.06. The lowest BCUT2D eigenvalue weighted by molar-refractivity contribution is 0.0377. The normalized spacial score (nSPS) is 15.8. The Hall–Kier alpha value is -0.830. The Morgan fingerprint density at radius 1 is 1.38 bits per heavy atom. The van der Waals surface area contributed by atoms with Crippen molar-refractivity contribution in [2.75, 3.05) is 0 Å². The fraction of sp³-hybridized carbons (Fsp3) is 0.769. The van der Waals surface area contributed by atoms with Crippen molar-refractivity contribution in [2.45, 2.75) is 59.1 Å². The number of hydrogen-bond acceptors (Lipinski definition) is 2. The first-order valence-corrected chi connectivity index (χ1v) is 6.06. The summed E-state index contributed by atoms with van der Waals surface area (Å²) in [5.74, 6) is 0.502. The minimum absolute atomic E-state index is 0.379. The molecule has 0 radical (unpaired) electrons. The third-order valence-corrected chi connectivity index (χ3v) is 2.60. The van der Waals surface area contributed by atoms with E-state index < -0.39 is 5.60 Å². The van der Waals surface area contributed by atoms with Crippen molar-refractivity contribution in [2.24, 2.45) is 5.92 Å². The van der Waals surface area contributed by atoms with Crippen LogP contribution in [0.5, 0.6) is 0 Å². The van der Waals surface area contributed by atoms with Crippen molar-refractivity contribution < 1.29 is 5.11 Å². The van der Waals surface area contributed by atoms with Gasteiger partial charge in [0.25, 0.3) is 0 Å². The van der Waals surface area contributed by atoms with E-state index in [9.17, 15) is 5.11 Å². The molecular weight excluding hydrogens is 200 g/mol. The third-order valence-electron chi connectivity index (χ3n) is 2.60. The van der Waals surface area contributed by atoms with Crippen LogP contribution in [-0.4, -0.2) is 20.5 Å².